The Morgan fingerprint density at radius 1 is 1.42 bits per heavy atom. The summed E-state index contributed by atoms with van der Waals surface area (Å²) in [5.74, 6) is 1.51. The predicted octanol–water partition coefficient (Wildman–Crippen LogP) is 2.89. The number of anilines is 1. The standard InChI is InChI=1S/C15H24N4/c1-4-17-15-8-5-7-14(18-15)12-19(10-6-9-16)11-13(2)3/h5,7-8,13H,4,6,10-12H2,1-3H3,(H,17,18). The maximum Gasteiger partial charge on any atom is 0.126 e. The normalized spacial score (nSPS) is 10.7. The molecule has 0 saturated heterocycles. The van der Waals surface area contributed by atoms with Gasteiger partial charge < -0.3 is 5.32 Å². The molecule has 0 aliphatic rings. The van der Waals surface area contributed by atoms with E-state index >= 15 is 0 Å². The Morgan fingerprint density at radius 2 is 2.21 bits per heavy atom. The molecule has 0 aliphatic carbocycles. The van der Waals surface area contributed by atoms with Gasteiger partial charge in [0.1, 0.15) is 5.82 Å². The van der Waals surface area contributed by atoms with Crippen LogP contribution in [0.2, 0.25) is 0 Å². The van der Waals surface area contributed by atoms with E-state index in [2.05, 4.69) is 42.0 Å². The molecule has 0 saturated carbocycles. The van der Waals surface area contributed by atoms with Crippen LogP contribution in [0.5, 0.6) is 0 Å². The van der Waals surface area contributed by atoms with E-state index in [0.29, 0.717) is 12.3 Å². The first-order chi connectivity index (χ1) is 9.15. The molecule has 1 heterocycles. The third kappa shape index (κ3) is 6.21. The van der Waals surface area contributed by atoms with Gasteiger partial charge in [-0.15, -0.1) is 0 Å². The van der Waals surface area contributed by atoms with Crippen LogP contribution in [-0.2, 0) is 6.54 Å². The molecule has 0 atom stereocenters. The molecule has 0 aromatic carbocycles. The van der Waals surface area contributed by atoms with Gasteiger partial charge in [-0.1, -0.05) is 19.9 Å². The zero-order chi connectivity index (χ0) is 14.1. The third-order valence-electron chi connectivity index (χ3n) is 2.71. The zero-order valence-electron chi connectivity index (χ0n) is 12.2. The van der Waals surface area contributed by atoms with E-state index in [-0.39, 0.29) is 0 Å². The van der Waals surface area contributed by atoms with Gasteiger partial charge in [0.25, 0.3) is 0 Å². The molecular formula is C15H24N4. The Morgan fingerprint density at radius 3 is 2.84 bits per heavy atom. The topological polar surface area (TPSA) is 52.0 Å². The van der Waals surface area contributed by atoms with E-state index < -0.39 is 0 Å². The van der Waals surface area contributed by atoms with Crippen LogP contribution in [0.15, 0.2) is 18.2 Å². The van der Waals surface area contributed by atoms with Crippen LogP contribution in [0.25, 0.3) is 0 Å². The molecule has 1 rings (SSSR count). The first kappa shape index (κ1) is 15.5. The van der Waals surface area contributed by atoms with E-state index in [1.165, 1.54) is 0 Å². The van der Waals surface area contributed by atoms with Gasteiger partial charge in [0.2, 0.25) is 0 Å². The highest BCUT2D eigenvalue weighted by molar-refractivity contribution is 5.34. The first-order valence-electron chi connectivity index (χ1n) is 6.94. The van der Waals surface area contributed by atoms with Crippen LogP contribution in [0.3, 0.4) is 0 Å². The highest BCUT2D eigenvalue weighted by atomic mass is 15.1. The van der Waals surface area contributed by atoms with Crippen LogP contribution < -0.4 is 5.32 Å². The summed E-state index contributed by atoms with van der Waals surface area (Å²) in [7, 11) is 0. The highest BCUT2D eigenvalue weighted by Crippen LogP contribution is 2.09. The molecule has 1 aromatic heterocycles. The smallest absolute Gasteiger partial charge is 0.126 e. The molecular weight excluding hydrogens is 236 g/mol. The maximum absolute atomic E-state index is 8.73. The fraction of sp³-hybridized carbons (Fsp3) is 0.600. The molecule has 0 unspecified atom stereocenters. The van der Waals surface area contributed by atoms with Crippen molar-refractivity contribution in [1.82, 2.24) is 9.88 Å². The van der Waals surface area contributed by atoms with Crippen molar-refractivity contribution in [3.63, 3.8) is 0 Å². The SMILES string of the molecule is CCNc1cccc(CN(CCC#N)CC(C)C)n1. The zero-order valence-corrected chi connectivity index (χ0v) is 12.2. The van der Waals surface area contributed by atoms with Gasteiger partial charge in [-0.25, -0.2) is 4.98 Å². The van der Waals surface area contributed by atoms with Gasteiger partial charge >= 0.3 is 0 Å². The summed E-state index contributed by atoms with van der Waals surface area (Å²) in [6.07, 6.45) is 0.569. The van der Waals surface area contributed by atoms with Crippen molar-refractivity contribution in [1.29, 1.82) is 5.26 Å². The van der Waals surface area contributed by atoms with Gasteiger partial charge in [0.15, 0.2) is 0 Å². The molecule has 1 N–H and O–H groups in total. The molecule has 0 radical (unpaired) electrons. The van der Waals surface area contributed by atoms with Crippen molar-refractivity contribution in [2.75, 3.05) is 25.0 Å². The van der Waals surface area contributed by atoms with Crippen molar-refractivity contribution in [3.05, 3.63) is 23.9 Å². The lowest BCUT2D eigenvalue weighted by atomic mass is 10.2. The van der Waals surface area contributed by atoms with Crippen molar-refractivity contribution in [2.24, 2.45) is 5.92 Å². The fourth-order valence-corrected chi connectivity index (χ4v) is 2.04. The summed E-state index contributed by atoms with van der Waals surface area (Å²) >= 11 is 0. The van der Waals surface area contributed by atoms with Gasteiger partial charge in [0, 0.05) is 32.6 Å². The second kappa shape index (κ2) is 8.49. The van der Waals surface area contributed by atoms with Crippen LogP contribution in [0.4, 0.5) is 5.82 Å². The molecule has 4 heteroatoms. The molecule has 0 bridgehead atoms. The molecule has 0 spiro atoms. The minimum atomic E-state index is 0.569. The number of nitrogens with one attached hydrogen (secondary N) is 1. The summed E-state index contributed by atoms with van der Waals surface area (Å²) in [6, 6.07) is 8.26. The molecule has 0 fully saturated rings. The first-order valence-corrected chi connectivity index (χ1v) is 6.94. The highest BCUT2D eigenvalue weighted by Gasteiger charge is 2.09. The predicted molar refractivity (Wildman–Crippen MR) is 78.7 cm³/mol. The summed E-state index contributed by atoms with van der Waals surface area (Å²) in [4.78, 5) is 6.88. The number of nitrogens with zero attached hydrogens (tertiary/aromatic N) is 3. The second-order valence-electron chi connectivity index (χ2n) is 5.08. The summed E-state index contributed by atoms with van der Waals surface area (Å²) in [6.45, 7) is 9.94. The van der Waals surface area contributed by atoms with E-state index in [1.54, 1.807) is 0 Å². The molecule has 0 amide bonds. The van der Waals surface area contributed by atoms with E-state index in [0.717, 1.165) is 37.7 Å². The number of nitriles is 1. The monoisotopic (exact) mass is 260 g/mol. The lowest BCUT2D eigenvalue weighted by Crippen LogP contribution is -2.28. The van der Waals surface area contributed by atoms with E-state index in [1.807, 2.05) is 18.2 Å². The lowest BCUT2D eigenvalue weighted by Gasteiger charge is -2.23. The minimum Gasteiger partial charge on any atom is -0.370 e. The van der Waals surface area contributed by atoms with Crippen molar-refractivity contribution in [2.45, 2.75) is 33.7 Å². The summed E-state index contributed by atoms with van der Waals surface area (Å²) in [5, 5.41) is 12.0. The summed E-state index contributed by atoms with van der Waals surface area (Å²) < 4.78 is 0. The summed E-state index contributed by atoms with van der Waals surface area (Å²) in [5.41, 5.74) is 1.05. The number of hydrogen-bond acceptors (Lipinski definition) is 4. The Bertz CT molecular complexity index is 409. The number of pyridine rings is 1. The minimum absolute atomic E-state index is 0.569. The third-order valence-corrected chi connectivity index (χ3v) is 2.71. The molecule has 104 valence electrons. The van der Waals surface area contributed by atoms with Crippen LogP contribution >= 0.6 is 0 Å². The Kier molecular flexibility index (Phi) is 6.91. The average Bonchev–Trinajstić information content (AvgIpc) is 2.36. The molecule has 19 heavy (non-hydrogen) atoms. The maximum atomic E-state index is 8.73. The largest absolute Gasteiger partial charge is 0.370 e. The van der Waals surface area contributed by atoms with Crippen molar-refractivity contribution in [3.8, 4) is 6.07 Å². The van der Waals surface area contributed by atoms with Crippen LogP contribution in [-0.4, -0.2) is 29.5 Å². The van der Waals surface area contributed by atoms with Crippen LogP contribution in [0, 0.1) is 17.2 Å². The van der Waals surface area contributed by atoms with Gasteiger partial charge in [0.05, 0.1) is 11.8 Å². The number of aromatic nitrogens is 1. The van der Waals surface area contributed by atoms with Gasteiger partial charge in [-0.05, 0) is 25.0 Å². The van der Waals surface area contributed by atoms with Crippen molar-refractivity contribution >= 4 is 5.82 Å². The molecule has 1 aromatic rings. The van der Waals surface area contributed by atoms with Crippen molar-refractivity contribution < 1.29 is 0 Å². The Labute approximate surface area is 116 Å². The number of hydrogen-bond donors (Lipinski definition) is 1. The van der Waals surface area contributed by atoms with E-state index in [9.17, 15) is 0 Å². The van der Waals surface area contributed by atoms with Gasteiger partial charge in [-0.3, -0.25) is 4.90 Å². The average molecular weight is 260 g/mol. The number of rotatable bonds is 8. The Balaban J connectivity index is 2.66. The Hall–Kier alpha value is -1.60. The quantitative estimate of drug-likeness (QED) is 0.781. The molecule has 0 aliphatic heterocycles. The second-order valence-corrected chi connectivity index (χ2v) is 5.08. The van der Waals surface area contributed by atoms with Crippen LogP contribution in [0.1, 0.15) is 32.9 Å². The molecule has 4 nitrogen and oxygen atoms in total. The fourth-order valence-electron chi connectivity index (χ4n) is 2.04. The van der Waals surface area contributed by atoms with Gasteiger partial charge in [-0.2, -0.15) is 5.26 Å². The lowest BCUT2D eigenvalue weighted by molar-refractivity contribution is 0.239. The van der Waals surface area contributed by atoms with E-state index in [4.69, 9.17) is 5.26 Å².